The van der Waals surface area contributed by atoms with Gasteiger partial charge < -0.3 is 9.31 Å². The van der Waals surface area contributed by atoms with E-state index in [0.717, 1.165) is 23.2 Å². The molecule has 0 unspecified atom stereocenters. The molecule has 5 nitrogen and oxygen atoms in total. The molecule has 0 aromatic rings. The SMILES string of the molecule is CC1=C=C(B2OC(C)(C)C(C)(C)O2)C=CC(CN2CCS(=O)(=O)CC2)=C1. The van der Waals surface area contributed by atoms with Crippen molar-refractivity contribution in [3.63, 3.8) is 0 Å². The Labute approximate surface area is 157 Å². The third-order valence-electron chi connectivity index (χ3n) is 5.57. The van der Waals surface area contributed by atoms with Gasteiger partial charge in [-0.05, 0) is 51.8 Å². The smallest absolute Gasteiger partial charge is 0.399 e. The Balaban J connectivity index is 1.70. The van der Waals surface area contributed by atoms with Crippen LogP contribution in [0.4, 0.5) is 0 Å². The molecule has 1 aliphatic carbocycles. The number of hydrogen-bond donors (Lipinski definition) is 0. The van der Waals surface area contributed by atoms with Crippen molar-refractivity contribution < 1.29 is 17.7 Å². The lowest BCUT2D eigenvalue weighted by molar-refractivity contribution is 0.00578. The summed E-state index contributed by atoms with van der Waals surface area (Å²) in [5, 5.41) is 0. The lowest BCUT2D eigenvalue weighted by Crippen LogP contribution is -2.41. The molecule has 0 atom stereocenters. The molecule has 3 aliphatic rings. The molecule has 0 bridgehead atoms. The molecule has 7 heteroatoms. The summed E-state index contributed by atoms with van der Waals surface area (Å²) in [6.45, 7) is 12.1. The first-order chi connectivity index (χ1) is 12.0. The highest BCUT2D eigenvalue weighted by molar-refractivity contribution is 7.91. The van der Waals surface area contributed by atoms with Crippen molar-refractivity contribution in [1.29, 1.82) is 0 Å². The first kappa shape index (κ1) is 19.7. The molecule has 0 aromatic heterocycles. The van der Waals surface area contributed by atoms with Gasteiger partial charge in [0.2, 0.25) is 0 Å². The molecule has 2 aliphatic heterocycles. The van der Waals surface area contributed by atoms with Gasteiger partial charge in [-0.25, -0.2) is 8.42 Å². The second-order valence-electron chi connectivity index (χ2n) is 8.33. The second-order valence-corrected chi connectivity index (χ2v) is 10.6. The van der Waals surface area contributed by atoms with Crippen LogP contribution in [0.1, 0.15) is 34.6 Å². The molecular formula is C19H28BNO4S. The van der Waals surface area contributed by atoms with E-state index in [-0.39, 0.29) is 22.7 Å². The van der Waals surface area contributed by atoms with Gasteiger partial charge >= 0.3 is 7.12 Å². The Morgan fingerprint density at radius 3 is 2.27 bits per heavy atom. The summed E-state index contributed by atoms with van der Waals surface area (Å²) < 4.78 is 35.4. The minimum Gasteiger partial charge on any atom is -0.399 e. The van der Waals surface area contributed by atoms with E-state index in [9.17, 15) is 8.42 Å². The van der Waals surface area contributed by atoms with Gasteiger partial charge in [0.05, 0.1) is 22.7 Å². The molecule has 2 fully saturated rings. The third kappa shape index (κ3) is 4.24. The van der Waals surface area contributed by atoms with Crippen molar-refractivity contribution in [2.45, 2.75) is 45.8 Å². The molecular weight excluding hydrogens is 349 g/mol. The topological polar surface area (TPSA) is 55.8 Å². The van der Waals surface area contributed by atoms with Gasteiger partial charge in [0.15, 0.2) is 9.84 Å². The predicted molar refractivity (Wildman–Crippen MR) is 105 cm³/mol. The van der Waals surface area contributed by atoms with E-state index < -0.39 is 17.0 Å². The van der Waals surface area contributed by atoms with Crippen molar-refractivity contribution in [3.05, 3.63) is 40.6 Å². The van der Waals surface area contributed by atoms with Crippen molar-refractivity contribution in [1.82, 2.24) is 4.90 Å². The zero-order valence-corrected chi connectivity index (χ0v) is 17.1. The van der Waals surface area contributed by atoms with Gasteiger partial charge in [-0.2, -0.15) is 0 Å². The van der Waals surface area contributed by atoms with Crippen LogP contribution in [-0.4, -0.2) is 62.8 Å². The second kappa shape index (κ2) is 6.81. The standard InChI is InChI=1S/C19H28BNO4S/c1-15-12-16(14-21-8-10-26(22,23)11-9-21)6-7-17(13-15)20-24-18(2,3)19(4,5)25-20/h6-7,12H,8-11,14H2,1-5H3. The number of rotatable bonds is 3. The van der Waals surface area contributed by atoms with Gasteiger partial charge in [0, 0.05) is 25.1 Å². The van der Waals surface area contributed by atoms with Gasteiger partial charge in [-0.1, -0.05) is 12.2 Å². The summed E-state index contributed by atoms with van der Waals surface area (Å²) in [6, 6.07) is 0. The van der Waals surface area contributed by atoms with Gasteiger partial charge in [0.25, 0.3) is 0 Å². The van der Waals surface area contributed by atoms with Crippen molar-refractivity contribution in [2.75, 3.05) is 31.1 Å². The fraction of sp³-hybridized carbons (Fsp3) is 0.632. The van der Waals surface area contributed by atoms with E-state index >= 15 is 0 Å². The van der Waals surface area contributed by atoms with Crippen LogP contribution in [0.5, 0.6) is 0 Å². The number of allylic oxidation sites excluding steroid dienone is 3. The summed E-state index contributed by atoms with van der Waals surface area (Å²) in [6.07, 6.45) is 6.16. The van der Waals surface area contributed by atoms with E-state index in [1.807, 2.05) is 40.7 Å². The zero-order valence-electron chi connectivity index (χ0n) is 16.3. The largest absolute Gasteiger partial charge is 0.503 e. The van der Waals surface area contributed by atoms with E-state index in [1.54, 1.807) is 0 Å². The highest BCUT2D eigenvalue weighted by atomic mass is 32.2. The summed E-state index contributed by atoms with van der Waals surface area (Å²) >= 11 is 0. The van der Waals surface area contributed by atoms with Crippen molar-refractivity contribution in [3.8, 4) is 0 Å². The quantitative estimate of drug-likeness (QED) is 0.558. The average molecular weight is 377 g/mol. The fourth-order valence-electron chi connectivity index (χ4n) is 3.20. The molecule has 0 spiro atoms. The van der Waals surface area contributed by atoms with Gasteiger partial charge in [0.1, 0.15) is 0 Å². The van der Waals surface area contributed by atoms with Crippen LogP contribution >= 0.6 is 0 Å². The third-order valence-corrected chi connectivity index (χ3v) is 7.18. The first-order valence-electron chi connectivity index (χ1n) is 9.12. The van der Waals surface area contributed by atoms with Crippen LogP contribution in [0.15, 0.2) is 40.6 Å². The van der Waals surface area contributed by atoms with Crippen LogP contribution in [0.2, 0.25) is 0 Å². The Kier molecular flexibility index (Phi) is 5.14. The highest BCUT2D eigenvalue weighted by Crippen LogP contribution is 2.38. The van der Waals surface area contributed by atoms with Gasteiger partial charge in [-0.15, -0.1) is 5.73 Å². The molecule has 0 saturated carbocycles. The molecule has 2 saturated heterocycles. The summed E-state index contributed by atoms with van der Waals surface area (Å²) in [4.78, 5) is 2.18. The molecule has 0 aromatic carbocycles. The number of nitrogens with zero attached hydrogens (tertiary/aromatic N) is 1. The maximum absolute atomic E-state index is 11.6. The van der Waals surface area contributed by atoms with Crippen LogP contribution < -0.4 is 0 Å². The molecule has 0 radical (unpaired) electrons. The van der Waals surface area contributed by atoms with Crippen molar-refractivity contribution in [2.24, 2.45) is 0 Å². The molecule has 0 N–H and O–H groups in total. The van der Waals surface area contributed by atoms with Crippen molar-refractivity contribution >= 4 is 17.0 Å². The molecule has 0 amide bonds. The Bertz CT molecular complexity index is 786. The maximum atomic E-state index is 11.6. The van der Waals surface area contributed by atoms with E-state index in [2.05, 4.69) is 22.8 Å². The summed E-state index contributed by atoms with van der Waals surface area (Å²) in [5.74, 6) is 0.493. The van der Waals surface area contributed by atoms with E-state index in [0.29, 0.717) is 13.1 Å². The number of hydrogen-bond acceptors (Lipinski definition) is 5. The predicted octanol–water partition coefficient (Wildman–Crippen LogP) is 2.32. The van der Waals surface area contributed by atoms with Crippen LogP contribution in [0.25, 0.3) is 0 Å². The lowest BCUT2D eigenvalue weighted by Gasteiger charge is -2.32. The number of sulfone groups is 1. The highest BCUT2D eigenvalue weighted by Gasteiger charge is 2.52. The van der Waals surface area contributed by atoms with E-state index in [1.165, 1.54) is 0 Å². The van der Waals surface area contributed by atoms with Crippen LogP contribution in [0, 0.1) is 0 Å². The minimum atomic E-state index is -2.85. The maximum Gasteiger partial charge on any atom is 0.503 e. The van der Waals surface area contributed by atoms with E-state index in [4.69, 9.17) is 9.31 Å². The Morgan fingerprint density at radius 2 is 1.69 bits per heavy atom. The minimum absolute atomic E-state index is 0.246. The first-order valence-corrected chi connectivity index (χ1v) is 10.9. The average Bonchev–Trinajstić information content (AvgIpc) is 2.64. The van der Waals surface area contributed by atoms with Gasteiger partial charge in [-0.3, -0.25) is 4.90 Å². The van der Waals surface area contributed by atoms with Crippen LogP contribution in [-0.2, 0) is 19.1 Å². The fourth-order valence-corrected chi connectivity index (χ4v) is 4.48. The zero-order chi connectivity index (χ0) is 19.2. The normalized spacial score (nSPS) is 27.6. The molecule has 26 heavy (non-hydrogen) atoms. The monoisotopic (exact) mass is 377 g/mol. The molecule has 3 rings (SSSR count). The Morgan fingerprint density at radius 1 is 1.12 bits per heavy atom. The Hall–Kier alpha value is -1.11. The molecule has 2 heterocycles. The summed E-state index contributed by atoms with van der Waals surface area (Å²) in [7, 11) is -3.28. The van der Waals surface area contributed by atoms with Crippen LogP contribution in [0.3, 0.4) is 0 Å². The lowest BCUT2D eigenvalue weighted by atomic mass is 9.78. The molecule has 142 valence electrons. The summed E-state index contributed by atoms with van der Waals surface area (Å²) in [5.41, 5.74) is 5.66.